The van der Waals surface area contributed by atoms with Crippen LogP contribution in [0, 0.1) is 0 Å². The van der Waals surface area contributed by atoms with E-state index in [2.05, 4.69) is 24.4 Å². The Morgan fingerprint density at radius 3 is 2.83 bits per heavy atom. The molecule has 0 aromatic heterocycles. The summed E-state index contributed by atoms with van der Waals surface area (Å²) >= 11 is 4.82. The first-order valence-corrected chi connectivity index (χ1v) is 4.51. The van der Waals surface area contributed by atoms with Crippen molar-refractivity contribution in [1.29, 1.82) is 0 Å². The molecule has 0 amide bonds. The molecule has 0 bridgehead atoms. The van der Waals surface area contributed by atoms with Gasteiger partial charge in [-0.3, -0.25) is 0 Å². The van der Waals surface area contributed by atoms with Crippen LogP contribution in [0.15, 0.2) is 24.3 Å². The van der Waals surface area contributed by atoms with Crippen molar-refractivity contribution < 1.29 is 0 Å². The Labute approximate surface area is 78.5 Å². The summed E-state index contributed by atoms with van der Waals surface area (Å²) in [6.45, 7) is 2.12. The Hall–Kier alpha value is -0.830. The maximum Gasteiger partial charge on any atom is 0.164 e. The Morgan fingerprint density at radius 1 is 1.67 bits per heavy atom. The van der Waals surface area contributed by atoms with Gasteiger partial charge in [0.25, 0.3) is 0 Å². The van der Waals surface area contributed by atoms with Gasteiger partial charge in [0.05, 0.1) is 5.54 Å². The number of thiocarbonyl (C=S) groups is 1. The first kappa shape index (κ1) is 9.26. The zero-order valence-electron chi connectivity index (χ0n) is 7.21. The molecule has 0 unspecified atom stereocenters. The zero-order valence-corrected chi connectivity index (χ0v) is 8.03. The molecule has 0 fully saturated rings. The van der Waals surface area contributed by atoms with E-state index < -0.39 is 0 Å². The van der Waals surface area contributed by atoms with Gasteiger partial charge in [-0.25, -0.2) is 0 Å². The van der Waals surface area contributed by atoms with Crippen molar-refractivity contribution in [2.24, 2.45) is 5.73 Å². The molecule has 0 aromatic carbocycles. The minimum atomic E-state index is -0.0411. The average Bonchev–Trinajstić information content (AvgIpc) is 2.05. The van der Waals surface area contributed by atoms with Crippen LogP contribution in [-0.2, 0) is 0 Å². The quantitative estimate of drug-likeness (QED) is 0.635. The minimum absolute atomic E-state index is 0.0411. The highest BCUT2D eigenvalue weighted by molar-refractivity contribution is 7.80. The standard InChI is InChI=1S/C9H14N2S/c1-2-9(11-8(10)12)6-4-3-5-7-9/h3-6H,2,7H2,1H3,(H3,10,11,12)/t9-/m0/s1. The van der Waals surface area contributed by atoms with Gasteiger partial charge in [-0.05, 0) is 25.1 Å². The summed E-state index contributed by atoms with van der Waals surface area (Å²) in [7, 11) is 0. The number of allylic oxidation sites excluding steroid dienone is 2. The number of hydrogen-bond donors (Lipinski definition) is 2. The maximum absolute atomic E-state index is 5.45. The molecule has 1 aliphatic rings. The molecule has 12 heavy (non-hydrogen) atoms. The average molecular weight is 182 g/mol. The molecule has 2 nitrogen and oxygen atoms in total. The second kappa shape index (κ2) is 3.72. The number of nitrogens with one attached hydrogen (secondary N) is 1. The van der Waals surface area contributed by atoms with Crippen LogP contribution in [-0.4, -0.2) is 10.7 Å². The van der Waals surface area contributed by atoms with E-state index >= 15 is 0 Å². The predicted octanol–water partition coefficient (Wildman–Crippen LogP) is 1.48. The fraction of sp³-hybridized carbons (Fsp3) is 0.444. The second-order valence-electron chi connectivity index (χ2n) is 2.99. The summed E-state index contributed by atoms with van der Waals surface area (Å²) in [5.41, 5.74) is 5.41. The lowest BCUT2D eigenvalue weighted by Gasteiger charge is -2.31. The van der Waals surface area contributed by atoms with Crippen LogP contribution < -0.4 is 11.1 Å². The topological polar surface area (TPSA) is 38.0 Å². The van der Waals surface area contributed by atoms with Crippen LogP contribution in [0.3, 0.4) is 0 Å². The van der Waals surface area contributed by atoms with E-state index in [0.29, 0.717) is 5.11 Å². The zero-order chi connectivity index (χ0) is 9.03. The molecule has 0 saturated carbocycles. The summed E-state index contributed by atoms with van der Waals surface area (Å²) in [6, 6.07) is 0. The smallest absolute Gasteiger partial charge is 0.164 e. The molecule has 0 radical (unpaired) electrons. The Balaban J connectivity index is 2.69. The van der Waals surface area contributed by atoms with Crippen molar-refractivity contribution in [3.8, 4) is 0 Å². The number of hydrogen-bond acceptors (Lipinski definition) is 1. The summed E-state index contributed by atoms with van der Waals surface area (Å²) < 4.78 is 0. The predicted molar refractivity (Wildman–Crippen MR) is 55.8 cm³/mol. The normalized spacial score (nSPS) is 27.1. The molecule has 0 saturated heterocycles. The second-order valence-corrected chi connectivity index (χ2v) is 3.43. The first-order valence-electron chi connectivity index (χ1n) is 4.10. The Bertz CT molecular complexity index is 233. The SMILES string of the molecule is CC[C@]1(NC(N)=S)C=CC=CC1. The molecule has 3 N–H and O–H groups in total. The van der Waals surface area contributed by atoms with Crippen molar-refractivity contribution in [3.05, 3.63) is 24.3 Å². The van der Waals surface area contributed by atoms with Gasteiger partial charge >= 0.3 is 0 Å². The lowest BCUT2D eigenvalue weighted by molar-refractivity contribution is 0.459. The fourth-order valence-electron chi connectivity index (χ4n) is 1.35. The van der Waals surface area contributed by atoms with Crippen LogP contribution in [0.4, 0.5) is 0 Å². The van der Waals surface area contributed by atoms with Crippen LogP contribution >= 0.6 is 12.2 Å². The highest BCUT2D eigenvalue weighted by Gasteiger charge is 2.24. The van der Waals surface area contributed by atoms with Gasteiger partial charge in [-0.2, -0.15) is 0 Å². The molecular weight excluding hydrogens is 168 g/mol. The van der Waals surface area contributed by atoms with Crippen molar-refractivity contribution in [2.75, 3.05) is 0 Å². The van der Waals surface area contributed by atoms with E-state index in [4.69, 9.17) is 18.0 Å². The van der Waals surface area contributed by atoms with Gasteiger partial charge in [0.15, 0.2) is 5.11 Å². The first-order chi connectivity index (χ1) is 5.68. The summed E-state index contributed by atoms with van der Waals surface area (Å²) in [5, 5.41) is 3.49. The van der Waals surface area contributed by atoms with Crippen LogP contribution in [0.5, 0.6) is 0 Å². The summed E-state index contributed by atoms with van der Waals surface area (Å²) in [4.78, 5) is 0. The minimum Gasteiger partial charge on any atom is -0.376 e. The van der Waals surface area contributed by atoms with Gasteiger partial charge in [0.2, 0.25) is 0 Å². The monoisotopic (exact) mass is 182 g/mol. The molecule has 3 heteroatoms. The number of rotatable bonds is 2. The molecule has 1 aliphatic carbocycles. The Morgan fingerprint density at radius 2 is 2.42 bits per heavy atom. The van der Waals surface area contributed by atoms with Crippen LogP contribution in [0.25, 0.3) is 0 Å². The molecule has 0 aliphatic heterocycles. The third-order valence-corrected chi connectivity index (χ3v) is 2.25. The fourth-order valence-corrected chi connectivity index (χ4v) is 1.56. The molecular formula is C9H14N2S. The van der Waals surface area contributed by atoms with Crippen molar-refractivity contribution in [1.82, 2.24) is 5.32 Å². The van der Waals surface area contributed by atoms with E-state index in [9.17, 15) is 0 Å². The van der Waals surface area contributed by atoms with E-state index in [0.717, 1.165) is 12.8 Å². The highest BCUT2D eigenvalue weighted by Crippen LogP contribution is 2.20. The Kier molecular flexibility index (Phi) is 2.87. The van der Waals surface area contributed by atoms with Gasteiger partial charge in [-0.1, -0.05) is 31.2 Å². The van der Waals surface area contributed by atoms with Gasteiger partial charge in [0.1, 0.15) is 0 Å². The molecule has 66 valence electrons. The largest absolute Gasteiger partial charge is 0.376 e. The third-order valence-electron chi connectivity index (χ3n) is 2.15. The van der Waals surface area contributed by atoms with E-state index in [1.165, 1.54) is 0 Å². The number of nitrogens with two attached hydrogens (primary N) is 1. The van der Waals surface area contributed by atoms with Crippen molar-refractivity contribution in [2.45, 2.75) is 25.3 Å². The van der Waals surface area contributed by atoms with E-state index in [1.807, 2.05) is 12.2 Å². The molecule has 1 rings (SSSR count). The lowest BCUT2D eigenvalue weighted by Crippen LogP contribution is -2.48. The van der Waals surface area contributed by atoms with Gasteiger partial charge in [-0.15, -0.1) is 0 Å². The third kappa shape index (κ3) is 2.08. The molecule has 0 aromatic rings. The summed E-state index contributed by atoms with van der Waals surface area (Å²) in [6.07, 6.45) is 10.2. The van der Waals surface area contributed by atoms with Gasteiger partial charge < -0.3 is 11.1 Å². The van der Waals surface area contributed by atoms with E-state index in [-0.39, 0.29) is 5.54 Å². The molecule has 0 heterocycles. The maximum atomic E-state index is 5.45. The van der Waals surface area contributed by atoms with Crippen molar-refractivity contribution >= 4 is 17.3 Å². The van der Waals surface area contributed by atoms with Crippen molar-refractivity contribution in [3.63, 3.8) is 0 Å². The lowest BCUT2D eigenvalue weighted by atomic mass is 9.89. The molecule has 0 spiro atoms. The summed E-state index contributed by atoms with van der Waals surface area (Å²) in [5.74, 6) is 0. The van der Waals surface area contributed by atoms with Crippen LogP contribution in [0.2, 0.25) is 0 Å². The van der Waals surface area contributed by atoms with Crippen LogP contribution in [0.1, 0.15) is 19.8 Å². The van der Waals surface area contributed by atoms with E-state index in [1.54, 1.807) is 0 Å². The highest BCUT2D eigenvalue weighted by atomic mass is 32.1. The van der Waals surface area contributed by atoms with Gasteiger partial charge in [0, 0.05) is 0 Å². The molecule has 1 atom stereocenters.